The van der Waals surface area contributed by atoms with Crippen LogP contribution in [-0.4, -0.2) is 5.78 Å². The van der Waals surface area contributed by atoms with Crippen molar-refractivity contribution in [2.45, 2.75) is 13.3 Å². The summed E-state index contributed by atoms with van der Waals surface area (Å²) in [4.78, 5) is 10.6. The predicted octanol–water partition coefficient (Wildman–Crippen LogP) is 2.53. The summed E-state index contributed by atoms with van der Waals surface area (Å²) >= 11 is 7.11. The highest BCUT2D eigenvalue weighted by molar-refractivity contribution is 7.14. The van der Waals surface area contributed by atoms with E-state index in [2.05, 4.69) is 0 Å². The van der Waals surface area contributed by atoms with E-state index in [9.17, 15) is 4.79 Å². The highest BCUT2D eigenvalue weighted by Gasteiger charge is 1.99. The molecule has 54 valence electrons. The first kappa shape index (κ1) is 7.76. The van der Waals surface area contributed by atoms with E-state index in [1.54, 1.807) is 6.92 Å². The molecule has 0 spiro atoms. The van der Waals surface area contributed by atoms with E-state index in [4.69, 9.17) is 11.6 Å². The first-order valence-corrected chi connectivity index (χ1v) is 4.16. The van der Waals surface area contributed by atoms with E-state index < -0.39 is 0 Å². The van der Waals surface area contributed by atoms with Crippen molar-refractivity contribution in [2.24, 2.45) is 0 Å². The number of halogens is 1. The van der Waals surface area contributed by atoms with Crippen molar-refractivity contribution in [1.29, 1.82) is 0 Å². The molecule has 0 saturated heterocycles. The normalized spacial score (nSPS) is 9.80. The largest absolute Gasteiger partial charge is 0.300 e. The minimum Gasteiger partial charge on any atom is -0.300 e. The van der Waals surface area contributed by atoms with Gasteiger partial charge in [-0.25, -0.2) is 0 Å². The second-order valence-electron chi connectivity index (χ2n) is 2.14. The number of Topliss-reactive ketones (excluding diaryl/α,β-unsaturated/α-hetero) is 1. The molecule has 0 aliphatic heterocycles. The monoisotopic (exact) mass is 174 g/mol. The van der Waals surface area contributed by atoms with Crippen molar-refractivity contribution in [3.8, 4) is 0 Å². The van der Waals surface area contributed by atoms with Gasteiger partial charge in [-0.15, -0.1) is 11.3 Å². The molecule has 0 atom stereocenters. The maximum absolute atomic E-state index is 10.6. The van der Waals surface area contributed by atoms with Gasteiger partial charge in [-0.2, -0.15) is 0 Å². The average Bonchev–Trinajstić information content (AvgIpc) is 2.13. The molecule has 0 aromatic carbocycles. The topological polar surface area (TPSA) is 17.1 Å². The van der Waals surface area contributed by atoms with Crippen molar-refractivity contribution in [3.05, 3.63) is 21.3 Å². The lowest BCUT2D eigenvalue weighted by molar-refractivity contribution is -0.116. The van der Waals surface area contributed by atoms with Crippen LogP contribution in [0.1, 0.15) is 12.5 Å². The third-order valence-electron chi connectivity index (χ3n) is 1.07. The maximum Gasteiger partial charge on any atom is 0.134 e. The van der Waals surface area contributed by atoms with Crippen LogP contribution >= 0.6 is 22.9 Å². The summed E-state index contributed by atoms with van der Waals surface area (Å²) in [5, 5.41) is 1.91. The van der Waals surface area contributed by atoms with Gasteiger partial charge in [-0.05, 0) is 23.9 Å². The molecule has 0 radical (unpaired) electrons. The Morgan fingerprint density at radius 2 is 2.50 bits per heavy atom. The van der Waals surface area contributed by atoms with E-state index in [0.29, 0.717) is 6.42 Å². The Morgan fingerprint density at radius 1 is 1.80 bits per heavy atom. The lowest BCUT2D eigenvalue weighted by Gasteiger charge is -1.86. The molecule has 0 bridgehead atoms. The van der Waals surface area contributed by atoms with Gasteiger partial charge >= 0.3 is 0 Å². The van der Waals surface area contributed by atoms with Gasteiger partial charge < -0.3 is 0 Å². The second kappa shape index (κ2) is 3.17. The average molecular weight is 175 g/mol. The van der Waals surface area contributed by atoms with Crippen molar-refractivity contribution in [2.75, 3.05) is 0 Å². The molecular formula is C7H7ClOS. The Kier molecular flexibility index (Phi) is 2.46. The third kappa shape index (κ3) is 2.12. The summed E-state index contributed by atoms with van der Waals surface area (Å²) in [5.74, 6) is 0.175. The van der Waals surface area contributed by atoms with Crippen molar-refractivity contribution in [3.63, 3.8) is 0 Å². The summed E-state index contributed by atoms with van der Waals surface area (Å²) in [5.41, 5.74) is 1.02. The van der Waals surface area contributed by atoms with Crippen molar-refractivity contribution < 1.29 is 4.79 Å². The Bertz CT molecular complexity index is 242. The van der Waals surface area contributed by atoms with E-state index in [1.807, 2.05) is 11.4 Å². The van der Waals surface area contributed by atoms with Gasteiger partial charge in [0.2, 0.25) is 0 Å². The first-order valence-electron chi connectivity index (χ1n) is 2.91. The van der Waals surface area contributed by atoms with E-state index >= 15 is 0 Å². The van der Waals surface area contributed by atoms with E-state index in [1.165, 1.54) is 11.3 Å². The SMILES string of the molecule is CC(=O)Cc1csc(Cl)c1. The summed E-state index contributed by atoms with van der Waals surface area (Å²) in [6.45, 7) is 1.57. The summed E-state index contributed by atoms with van der Waals surface area (Å²) in [6, 6.07) is 1.83. The van der Waals surface area contributed by atoms with E-state index in [0.717, 1.165) is 9.90 Å². The Hall–Kier alpha value is -0.340. The minimum atomic E-state index is 0.175. The molecule has 3 heteroatoms. The van der Waals surface area contributed by atoms with Crippen LogP contribution in [0.5, 0.6) is 0 Å². The number of ketones is 1. The standard InChI is InChI=1S/C7H7ClOS/c1-5(9)2-6-3-7(8)10-4-6/h3-4H,2H2,1H3. The molecule has 10 heavy (non-hydrogen) atoms. The Balaban J connectivity index is 2.67. The number of rotatable bonds is 2. The molecule has 1 heterocycles. The Morgan fingerprint density at radius 3 is 2.90 bits per heavy atom. The second-order valence-corrected chi connectivity index (χ2v) is 3.68. The lowest BCUT2D eigenvalue weighted by Crippen LogP contribution is -1.93. The first-order chi connectivity index (χ1) is 4.68. The molecule has 0 unspecified atom stereocenters. The van der Waals surface area contributed by atoms with Gasteiger partial charge in [0.15, 0.2) is 0 Å². The molecule has 1 nitrogen and oxygen atoms in total. The number of carbonyl (C=O) groups is 1. The third-order valence-corrected chi connectivity index (χ3v) is 2.21. The van der Waals surface area contributed by atoms with E-state index in [-0.39, 0.29) is 5.78 Å². The van der Waals surface area contributed by atoms with Gasteiger partial charge in [0, 0.05) is 6.42 Å². The zero-order valence-electron chi connectivity index (χ0n) is 5.56. The van der Waals surface area contributed by atoms with Gasteiger partial charge in [0.25, 0.3) is 0 Å². The molecule has 1 rings (SSSR count). The van der Waals surface area contributed by atoms with Crippen LogP contribution in [0.4, 0.5) is 0 Å². The molecule has 1 aromatic heterocycles. The molecule has 0 saturated carbocycles. The van der Waals surface area contributed by atoms with Crippen LogP contribution in [0.2, 0.25) is 4.34 Å². The van der Waals surface area contributed by atoms with Crippen LogP contribution in [-0.2, 0) is 11.2 Å². The molecule has 1 aromatic rings. The molecule has 0 fully saturated rings. The van der Waals surface area contributed by atoms with Gasteiger partial charge in [0.05, 0.1) is 4.34 Å². The fourth-order valence-corrected chi connectivity index (χ4v) is 1.63. The highest BCUT2D eigenvalue weighted by Crippen LogP contribution is 2.20. The van der Waals surface area contributed by atoms with Crippen LogP contribution < -0.4 is 0 Å². The molecule has 0 aliphatic carbocycles. The maximum atomic E-state index is 10.6. The molecule has 0 aliphatic rings. The quantitative estimate of drug-likeness (QED) is 0.674. The Labute approximate surface area is 68.6 Å². The van der Waals surface area contributed by atoms with Crippen LogP contribution in [0.25, 0.3) is 0 Å². The summed E-state index contributed by atoms with van der Waals surface area (Å²) in [6.07, 6.45) is 0.503. The van der Waals surface area contributed by atoms with Crippen LogP contribution in [0.15, 0.2) is 11.4 Å². The van der Waals surface area contributed by atoms with Gasteiger partial charge in [0.1, 0.15) is 5.78 Å². The van der Waals surface area contributed by atoms with Crippen LogP contribution in [0, 0.1) is 0 Å². The molecular weight excluding hydrogens is 168 g/mol. The number of hydrogen-bond donors (Lipinski definition) is 0. The number of thiophene rings is 1. The number of carbonyl (C=O) groups excluding carboxylic acids is 1. The highest BCUT2D eigenvalue weighted by atomic mass is 35.5. The zero-order valence-corrected chi connectivity index (χ0v) is 7.13. The van der Waals surface area contributed by atoms with Gasteiger partial charge in [-0.3, -0.25) is 4.79 Å². The minimum absolute atomic E-state index is 0.175. The fourth-order valence-electron chi connectivity index (χ4n) is 0.726. The summed E-state index contributed by atoms with van der Waals surface area (Å²) in [7, 11) is 0. The molecule has 0 N–H and O–H groups in total. The summed E-state index contributed by atoms with van der Waals surface area (Å²) < 4.78 is 0.747. The zero-order chi connectivity index (χ0) is 7.56. The molecule has 0 amide bonds. The fraction of sp³-hybridized carbons (Fsp3) is 0.286. The number of hydrogen-bond acceptors (Lipinski definition) is 2. The predicted molar refractivity (Wildman–Crippen MR) is 43.7 cm³/mol. The van der Waals surface area contributed by atoms with Crippen molar-refractivity contribution in [1.82, 2.24) is 0 Å². The van der Waals surface area contributed by atoms with Gasteiger partial charge in [-0.1, -0.05) is 11.6 Å². The van der Waals surface area contributed by atoms with Crippen molar-refractivity contribution >= 4 is 28.7 Å². The smallest absolute Gasteiger partial charge is 0.134 e. The lowest BCUT2D eigenvalue weighted by atomic mass is 10.2. The van der Waals surface area contributed by atoms with Crippen LogP contribution in [0.3, 0.4) is 0 Å².